The molecule has 0 bridgehead atoms. The molecule has 1 amide bonds. The number of carbonyl (C=O) groups is 1. The van der Waals surface area contributed by atoms with Crippen LogP contribution in [0.3, 0.4) is 0 Å². The molecule has 1 aromatic heterocycles. The van der Waals surface area contributed by atoms with Gasteiger partial charge in [0.15, 0.2) is 5.11 Å². The largest absolute Gasteiger partial charge is 0.497 e. The van der Waals surface area contributed by atoms with E-state index < -0.39 is 30.2 Å². The Labute approximate surface area is 179 Å². The summed E-state index contributed by atoms with van der Waals surface area (Å²) in [5.41, 5.74) is 1.67. The van der Waals surface area contributed by atoms with Gasteiger partial charge in [0, 0.05) is 24.6 Å². The Kier molecular flexibility index (Phi) is 5.85. The monoisotopic (exact) mass is 428 g/mol. The van der Waals surface area contributed by atoms with Crippen molar-refractivity contribution in [3.8, 4) is 5.75 Å². The van der Waals surface area contributed by atoms with Gasteiger partial charge in [-0.2, -0.15) is 0 Å². The highest BCUT2D eigenvalue weighted by atomic mass is 32.1. The fourth-order valence-corrected chi connectivity index (χ4v) is 4.57. The quantitative estimate of drug-likeness (QED) is 0.513. The fourth-order valence-electron chi connectivity index (χ4n) is 4.21. The van der Waals surface area contributed by atoms with Crippen molar-refractivity contribution in [1.29, 1.82) is 0 Å². The van der Waals surface area contributed by atoms with Crippen LogP contribution in [0.1, 0.15) is 12.0 Å². The third-order valence-electron chi connectivity index (χ3n) is 5.72. The maximum Gasteiger partial charge on any atom is 0.225 e. The zero-order valence-corrected chi connectivity index (χ0v) is 17.2. The molecule has 0 radical (unpaired) electrons. The van der Waals surface area contributed by atoms with Gasteiger partial charge in [-0.25, -0.2) is 0 Å². The van der Waals surface area contributed by atoms with Gasteiger partial charge in [-0.1, -0.05) is 6.07 Å². The normalized spacial score (nSPS) is 27.9. The lowest BCUT2D eigenvalue weighted by Gasteiger charge is -2.41. The van der Waals surface area contributed by atoms with Gasteiger partial charge in [0.05, 0.1) is 31.2 Å². The lowest BCUT2D eigenvalue weighted by molar-refractivity contribution is -0.131. The van der Waals surface area contributed by atoms with Crippen molar-refractivity contribution in [2.24, 2.45) is 5.92 Å². The summed E-state index contributed by atoms with van der Waals surface area (Å²) in [6.07, 6.45) is 1.45. The topological polar surface area (TPSA) is 107 Å². The first-order valence-corrected chi connectivity index (χ1v) is 10.2. The van der Waals surface area contributed by atoms with E-state index in [4.69, 9.17) is 17.0 Å². The number of hydrogen-bond donors (Lipinski definition) is 4. The van der Waals surface area contributed by atoms with Gasteiger partial charge in [0.1, 0.15) is 11.9 Å². The summed E-state index contributed by atoms with van der Waals surface area (Å²) in [5, 5.41) is 27.4. The van der Waals surface area contributed by atoms with Gasteiger partial charge in [0.2, 0.25) is 5.91 Å². The average Bonchev–Trinajstić information content (AvgIpc) is 3.12. The summed E-state index contributed by atoms with van der Waals surface area (Å²) in [6.45, 7) is 0.333. The van der Waals surface area contributed by atoms with Crippen LogP contribution >= 0.6 is 12.2 Å². The van der Waals surface area contributed by atoms with Gasteiger partial charge in [-0.15, -0.1) is 0 Å². The number of aliphatic hydroxyl groups excluding tert-OH is 2. The lowest BCUT2D eigenvalue weighted by atomic mass is 9.77. The Morgan fingerprint density at radius 3 is 2.77 bits per heavy atom. The minimum Gasteiger partial charge on any atom is -0.497 e. The van der Waals surface area contributed by atoms with Gasteiger partial charge >= 0.3 is 0 Å². The summed E-state index contributed by atoms with van der Waals surface area (Å²) in [4.78, 5) is 19.0. The highest BCUT2D eigenvalue weighted by Crippen LogP contribution is 2.37. The maximum absolute atomic E-state index is 13.1. The Morgan fingerprint density at radius 1 is 1.33 bits per heavy atom. The predicted octanol–water partition coefficient (Wildman–Crippen LogP) is 0.580. The molecule has 5 atom stereocenters. The number of anilines is 1. The van der Waals surface area contributed by atoms with E-state index in [9.17, 15) is 15.0 Å². The van der Waals surface area contributed by atoms with Crippen molar-refractivity contribution >= 4 is 28.9 Å². The van der Waals surface area contributed by atoms with Gasteiger partial charge in [-0.3, -0.25) is 9.78 Å². The van der Waals surface area contributed by atoms with E-state index >= 15 is 0 Å². The van der Waals surface area contributed by atoms with Crippen molar-refractivity contribution in [3.05, 3.63) is 54.4 Å². The number of hydrogen-bond acceptors (Lipinski definition) is 6. The summed E-state index contributed by atoms with van der Waals surface area (Å²) in [5.74, 6) is -0.0665. The minimum atomic E-state index is -1.03. The van der Waals surface area contributed by atoms with Crippen LogP contribution in [-0.4, -0.2) is 57.6 Å². The molecule has 1 aliphatic heterocycles. The van der Waals surface area contributed by atoms with E-state index in [1.54, 1.807) is 19.5 Å². The van der Waals surface area contributed by atoms with Crippen LogP contribution in [0.2, 0.25) is 0 Å². The molecular formula is C21H24N4O4S. The third kappa shape index (κ3) is 3.83. The van der Waals surface area contributed by atoms with Crippen molar-refractivity contribution in [2.45, 2.75) is 37.3 Å². The molecule has 8 nitrogen and oxygen atoms in total. The molecular weight excluding hydrogens is 404 g/mol. The molecule has 9 heteroatoms. The van der Waals surface area contributed by atoms with Crippen LogP contribution in [0.15, 0.2) is 48.8 Å². The number of methoxy groups -OCH3 is 1. The van der Waals surface area contributed by atoms with E-state index in [-0.39, 0.29) is 12.3 Å². The second-order valence-corrected chi connectivity index (χ2v) is 7.90. The molecule has 2 aliphatic rings. The number of carbonyl (C=O) groups excluding carboxylic acids is 1. The number of aromatic nitrogens is 1. The number of nitrogens with one attached hydrogen (secondary N) is 2. The van der Waals surface area contributed by atoms with Crippen LogP contribution in [0.25, 0.3) is 0 Å². The molecule has 1 aliphatic carbocycles. The van der Waals surface area contributed by atoms with Crippen LogP contribution in [0.4, 0.5) is 5.69 Å². The summed E-state index contributed by atoms with van der Waals surface area (Å²) in [6, 6.07) is 10.0. The molecule has 1 saturated heterocycles. The first-order valence-electron chi connectivity index (χ1n) is 9.76. The van der Waals surface area contributed by atoms with Crippen LogP contribution in [-0.2, 0) is 11.3 Å². The van der Waals surface area contributed by atoms with Gasteiger partial charge in [-0.05, 0) is 54.5 Å². The molecule has 1 saturated carbocycles. The number of fused-ring (bicyclic) bond motifs is 1. The maximum atomic E-state index is 13.1. The molecule has 0 unspecified atom stereocenters. The SMILES string of the molecule is COc1ccc(N2C(=S)N[C@H]3[C@@H](O)[C@H](O)C[C@@H](C(=O)NCc4cccnc4)[C@@H]32)cc1. The van der Waals surface area contributed by atoms with Crippen LogP contribution in [0, 0.1) is 5.92 Å². The Balaban J connectivity index is 1.59. The highest BCUT2D eigenvalue weighted by molar-refractivity contribution is 7.80. The molecule has 2 heterocycles. The molecule has 4 N–H and O–H groups in total. The summed E-state index contributed by atoms with van der Waals surface area (Å²) < 4.78 is 5.22. The van der Waals surface area contributed by atoms with Crippen molar-refractivity contribution in [2.75, 3.05) is 12.0 Å². The predicted molar refractivity (Wildman–Crippen MR) is 115 cm³/mol. The molecule has 2 fully saturated rings. The second-order valence-electron chi connectivity index (χ2n) is 7.51. The van der Waals surface area contributed by atoms with E-state index in [0.29, 0.717) is 17.4 Å². The Hall–Kier alpha value is -2.75. The lowest BCUT2D eigenvalue weighted by Crippen LogP contribution is -2.60. The second kappa shape index (κ2) is 8.55. The molecule has 158 valence electrons. The number of amides is 1. The number of aliphatic hydroxyl groups is 2. The molecule has 4 rings (SSSR count). The van der Waals surface area contributed by atoms with Crippen molar-refractivity contribution in [1.82, 2.24) is 15.6 Å². The molecule has 30 heavy (non-hydrogen) atoms. The number of thiocarbonyl (C=S) groups is 1. The fraction of sp³-hybridized carbons (Fsp3) is 0.381. The molecule has 0 spiro atoms. The highest BCUT2D eigenvalue weighted by Gasteiger charge is 2.53. The number of rotatable bonds is 5. The third-order valence-corrected chi connectivity index (χ3v) is 6.04. The summed E-state index contributed by atoms with van der Waals surface area (Å²) in [7, 11) is 1.59. The first-order chi connectivity index (χ1) is 14.5. The standard InChI is InChI=1S/C21H24N4O4S/c1-29-14-6-4-13(5-7-14)25-18-15(9-16(26)19(27)17(18)24-21(25)30)20(28)23-11-12-3-2-8-22-10-12/h2-8,10,15-19,26-27H,9,11H2,1H3,(H,23,28)(H,24,30)/t15-,16-,17-,18+,19+/m1/s1. The zero-order chi connectivity index (χ0) is 21.3. The van der Waals surface area contributed by atoms with Crippen LogP contribution in [0.5, 0.6) is 5.75 Å². The minimum absolute atomic E-state index is 0.137. The molecule has 1 aromatic carbocycles. The van der Waals surface area contributed by atoms with E-state index in [1.807, 2.05) is 41.3 Å². The van der Waals surface area contributed by atoms with Gasteiger partial charge < -0.3 is 30.5 Å². The summed E-state index contributed by atoms with van der Waals surface area (Å²) >= 11 is 5.52. The Morgan fingerprint density at radius 2 is 2.10 bits per heavy atom. The van der Waals surface area contributed by atoms with E-state index in [2.05, 4.69) is 15.6 Å². The number of pyridine rings is 1. The first kappa shape index (κ1) is 20.5. The molecule has 2 aromatic rings. The average molecular weight is 429 g/mol. The smallest absolute Gasteiger partial charge is 0.225 e. The Bertz CT molecular complexity index is 911. The van der Waals surface area contributed by atoms with E-state index in [1.165, 1.54) is 0 Å². The number of ether oxygens (including phenoxy) is 1. The van der Waals surface area contributed by atoms with Crippen molar-refractivity contribution in [3.63, 3.8) is 0 Å². The number of nitrogens with zero attached hydrogens (tertiary/aromatic N) is 2. The van der Waals surface area contributed by atoms with Gasteiger partial charge in [0.25, 0.3) is 0 Å². The van der Waals surface area contributed by atoms with Crippen LogP contribution < -0.4 is 20.3 Å². The van der Waals surface area contributed by atoms with E-state index in [0.717, 1.165) is 11.3 Å². The zero-order valence-electron chi connectivity index (χ0n) is 16.4. The van der Waals surface area contributed by atoms with Crippen molar-refractivity contribution < 1.29 is 19.7 Å². The number of benzene rings is 1.